The zero-order valence-corrected chi connectivity index (χ0v) is 12.4. The predicted octanol–water partition coefficient (Wildman–Crippen LogP) is 3.13. The van der Waals surface area contributed by atoms with Crippen molar-refractivity contribution in [3.63, 3.8) is 0 Å². The van der Waals surface area contributed by atoms with E-state index in [0.717, 1.165) is 17.5 Å². The minimum atomic E-state index is -0.541. The molecule has 0 aliphatic carbocycles. The maximum atomic E-state index is 9.72. The molecule has 0 aromatic heterocycles. The summed E-state index contributed by atoms with van der Waals surface area (Å²) in [5.74, 6) is -0.457. The lowest BCUT2D eigenvalue weighted by Crippen LogP contribution is -2.24. The standard InChI is InChI=1S/C17H18O5/c1-8-3-11(18)7-15-12(8)4-9(2)17(22-15)10-5-13(19)16(21)14(20)6-10/h3,5-7,9,17-21H,4H2,1-2H3/t9-,17-/m0/s1. The van der Waals surface area contributed by atoms with Gasteiger partial charge in [0.05, 0.1) is 0 Å². The van der Waals surface area contributed by atoms with Crippen molar-refractivity contribution in [2.24, 2.45) is 5.92 Å². The molecule has 1 aliphatic rings. The van der Waals surface area contributed by atoms with Gasteiger partial charge in [0.25, 0.3) is 0 Å². The molecule has 3 rings (SSSR count). The largest absolute Gasteiger partial charge is 0.508 e. The summed E-state index contributed by atoms with van der Waals surface area (Å²) in [4.78, 5) is 0. The van der Waals surface area contributed by atoms with Crippen LogP contribution in [-0.4, -0.2) is 20.4 Å². The molecule has 0 saturated carbocycles. The van der Waals surface area contributed by atoms with E-state index in [4.69, 9.17) is 4.74 Å². The number of benzene rings is 2. The molecule has 116 valence electrons. The normalized spacial score (nSPS) is 20.3. The molecule has 1 aliphatic heterocycles. The van der Waals surface area contributed by atoms with Gasteiger partial charge in [-0.1, -0.05) is 6.92 Å². The average Bonchev–Trinajstić information content (AvgIpc) is 2.44. The lowest BCUT2D eigenvalue weighted by Gasteiger charge is -2.33. The molecule has 2 aromatic rings. The Bertz CT molecular complexity index is 715. The predicted molar refractivity (Wildman–Crippen MR) is 80.5 cm³/mol. The maximum Gasteiger partial charge on any atom is 0.200 e. The van der Waals surface area contributed by atoms with Gasteiger partial charge in [-0.05, 0) is 42.7 Å². The Kier molecular flexibility index (Phi) is 3.28. The second kappa shape index (κ2) is 5.02. The second-order valence-corrected chi connectivity index (χ2v) is 5.87. The molecule has 2 aromatic carbocycles. The van der Waals surface area contributed by atoms with Crippen molar-refractivity contribution in [3.8, 4) is 28.7 Å². The number of rotatable bonds is 1. The topological polar surface area (TPSA) is 90.2 Å². The van der Waals surface area contributed by atoms with Gasteiger partial charge in [-0.25, -0.2) is 0 Å². The van der Waals surface area contributed by atoms with E-state index in [1.807, 2.05) is 13.8 Å². The average molecular weight is 302 g/mol. The first-order valence-corrected chi connectivity index (χ1v) is 7.10. The molecule has 5 nitrogen and oxygen atoms in total. The van der Waals surface area contributed by atoms with Gasteiger partial charge in [-0.3, -0.25) is 0 Å². The van der Waals surface area contributed by atoms with E-state index in [2.05, 4.69) is 0 Å². The maximum absolute atomic E-state index is 9.72. The van der Waals surface area contributed by atoms with E-state index in [1.165, 1.54) is 12.1 Å². The first-order chi connectivity index (χ1) is 10.4. The van der Waals surface area contributed by atoms with Crippen molar-refractivity contribution in [1.82, 2.24) is 0 Å². The van der Waals surface area contributed by atoms with Crippen LogP contribution in [0.25, 0.3) is 0 Å². The SMILES string of the molecule is Cc1cc(O)cc2c1C[C@H](C)[C@@H](c1cc(O)c(O)c(O)c1)O2. The number of fused-ring (bicyclic) bond motifs is 1. The number of phenols is 4. The highest BCUT2D eigenvalue weighted by Crippen LogP contribution is 2.45. The number of ether oxygens (including phenoxy) is 1. The van der Waals surface area contributed by atoms with Crippen LogP contribution in [-0.2, 0) is 6.42 Å². The minimum absolute atomic E-state index is 0.110. The summed E-state index contributed by atoms with van der Waals surface area (Å²) >= 11 is 0. The summed E-state index contributed by atoms with van der Waals surface area (Å²) in [6.45, 7) is 3.94. The summed E-state index contributed by atoms with van der Waals surface area (Å²) in [5, 5.41) is 38.5. The summed E-state index contributed by atoms with van der Waals surface area (Å²) in [6, 6.07) is 6.04. The quantitative estimate of drug-likeness (QED) is 0.608. The van der Waals surface area contributed by atoms with Crippen LogP contribution in [0, 0.1) is 12.8 Å². The van der Waals surface area contributed by atoms with Crippen LogP contribution in [0.5, 0.6) is 28.7 Å². The molecule has 0 fully saturated rings. The first-order valence-electron chi connectivity index (χ1n) is 7.10. The molecule has 1 heterocycles. The fourth-order valence-electron chi connectivity index (χ4n) is 3.00. The first kappa shape index (κ1) is 14.4. The molecule has 5 heteroatoms. The Labute approximate surface area is 128 Å². The summed E-state index contributed by atoms with van der Waals surface area (Å²) in [7, 11) is 0. The Morgan fingerprint density at radius 3 is 2.27 bits per heavy atom. The van der Waals surface area contributed by atoms with Crippen molar-refractivity contribution < 1.29 is 25.2 Å². The summed E-state index contributed by atoms with van der Waals surface area (Å²) in [6.07, 6.45) is 0.375. The molecule has 0 radical (unpaired) electrons. The van der Waals surface area contributed by atoms with Gasteiger partial charge in [-0.15, -0.1) is 0 Å². The van der Waals surface area contributed by atoms with Crippen LogP contribution < -0.4 is 4.74 Å². The van der Waals surface area contributed by atoms with Gasteiger partial charge in [0.15, 0.2) is 17.2 Å². The summed E-state index contributed by atoms with van der Waals surface area (Å²) in [5.41, 5.74) is 2.59. The van der Waals surface area contributed by atoms with Crippen molar-refractivity contribution >= 4 is 0 Å². The van der Waals surface area contributed by atoms with E-state index >= 15 is 0 Å². The molecule has 2 atom stereocenters. The number of hydrogen-bond acceptors (Lipinski definition) is 5. The molecule has 0 amide bonds. The molecule has 22 heavy (non-hydrogen) atoms. The Balaban J connectivity index is 2.03. The van der Waals surface area contributed by atoms with Crippen LogP contribution in [0.1, 0.15) is 29.7 Å². The summed E-state index contributed by atoms with van der Waals surface area (Å²) < 4.78 is 5.98. The lowest BCUT2D eigenvalue weighted by molar-refractivity contribution is 0.122. The van der Waals surface area contributed by atoms with Crippen molar-refractivity contribution in [1.29, 1.82) is 0 Å². The molecule has 0 unspecified atom stereocenters. The van der Waals surface area contributed by atoms with E-state index in [0.29, 0.717) is 11.3 Å². The van der Waals surface area contributed by atoms with Crippen LogP contribution in [0.2, 0.25) is 0 Å². The number of hydrogen-bond donors (Lipinski definition) is 4. The van der Waals surface area contributed by atoms with Crippen molar-refractivity contribution in [2.75, 3.05) is 0 Å². The van der Waals surface area contributed by atoms with Gasteiger partial charge in [0.2, 0.25) is 0 Å². The highest BCUT2D eigenvalue weighted by atomic mass is 16.5. The van der Waals surface area contributed by atoms with Crippen LogP contribution >= 0.6 is 0 Å². The zero-order valence-electron chi connectivity index (χ0n) is 12.4. The second-order valence-electron chi connectivity index (χ2n) is 5.87. The molecule has 4 N–H and O–H groups in total. The van der Waals surface area contributed by atoms with Gasteiger partial charge in [-0.2, -0.15) is 0 Å². The van der Waals surface area contributed by atoms with Crippen LogP contribution in [0.4, 0.5) is 0 Å². The smallest absolute Gasteiger partial charge is 0.200 e. The van der Waals surface area contributed by atoms with Crippen molar-refractivity contribution in [2.45, 2.75) is 26.4 Å². The fraction of sp³-hybridized carbons (Fsp3) is 0.294. The van der Waals surface area contributed by atoms with E-state index in [-0.39, 0.29) is 29.3 Å². The van der Waals surface area contributed by atoms with Crippen LogP contribution in [0.3, 0.4) is 0 Å². The fourth-order valence-corrected chi connectivity index (χ4v) is 3.00. The highest BCUT2D eigenvalue weighted by Gasteiger charge is 2.30. The van der Waals surface area contributed by atoms with E-state index in [9.17, 15) is 20.4 Å². The Hall–Kier alpha value is -2.56. The number of phenolic OH excluding ortho intramolecular Hbond substituents is 4. The third-order valence-corrected chi connectivity index (χ3v) is 4.13. The van der Waals surface area contributed by atoms with Gasteiger partial charge in [0, 0.05) is 17.5 Å². The number of aromatic hydroxyl groups is 4. The van der Waals surface area contributed by atoms with Gasteiger partial charge < -0.3 is 25.2 Å². The van der Waals surface area contributed by atoms with Gasteiger partial charge >= 0.3 is 0 Å². The Morgan fingerprint density at radius 1 is 1.00 bits per heavy atom. The molecule has 0 saturated heterocycles. The third kappa shape index (κ3) is 2.28. The van der Waals surface area contributed by atoms with Crippen LogP contribution in [0.15, 0.2) is 24.3 Å². The van der Waals surface area contributed by atoms with E-state index in [1.54, 1.807) is 12.1 Å². The lowest BCUT2D eigenvalue weighted by atomic mass is 9.86. The Morgan fingerprint density at radius 2 is 1.64 bits per heavy atom. The highest BCUT2D eigenvalue weighted by molar-refractivity contribution is 5.53. The van der Waals surface area contributed by atoms with Crippen molar-refractivity contribution in [3.05, 3.63) is 41.0 Å². The monoisotopic (exact) mass is 302 g/mol. The zero-order chi connectivity index (χ0) is 16.0. The molecular formula is C17H18O5. The minimum Gasteiger partial charge on any atom is -0.508 e. The molecule has 0 bridgehead atoms. The van der Waals surface area contributed by atoms with Gasteiger partial charge in [0.1, 0.15) is 17.6 Å². The van der Waals surface area contributed by atoms with E-state index < -0.39 is 5.75 Å². The molecule has 0 spiro atoms. The number of aryl methyl sites for hydroxylation is 1. The third-order valence-electron chi connectivity index (χ3n) is 4.13. The molecular weight excluding hydrogens is 284 g/mol.